The number of aliphatic hydroxyl groups is 10. The number of carbonyl (C=O) groups excluding carboxylic acids is 1. The van der Waals surface area contributed by atoms with Crippen LogP contribution in [0.25, 0.3) is 0 Å². The molecule has 18 heteroatoms. The number of allylic oxidation sites excluding steroid dienone is 13. The number of carbonyl (C=O) groups is 2. The molecule has 4 bridgehead atoms. The Morgan fingerprint density at radius 1 is 0.680 bits per heavy atom. The monoisotopic (exact) mass is 1060 g/mol. The molecule has 0 radical (unpaired) electrons. The van der Waals surface area contributed by atoms with E-state index in [1.165, 1.54) is 37.8 Å². The summed E-state index contributed by atoms with van der Waals surface area (Å²) in [6.07, 6.45) is 7.60. The highest BCUT2D eigenvalue weighted by Crippen LogP contribution is 2.60. The summed E-state index contributed by atoms with van der Waals surface area (Å²) < 4.78 is 23.1. The number of carboxylic acid groups (broad SMARTS) is 1. The maximum atomic E-state index is 12.6. The lowest BCUT2D eigenvalue weighted by Gasteiger charge is -2.57. The van der Waals surface area contributed by atoms with Gasteiger partial charge in [-0.15, -0.1) is 0 Å². The van der Waals surface area contributed by atoms with Gasteiger partial charge < -0.3 is 80.9 Å². The van der Waals surface area contributed by atoms with E-state index < -0.39 is 147 Å². The molecule has 21 atom stereocenters. The van der Waals surface area contributed by atoms with Crippen molar-refractivity contribution < 1.29 is 84.7 Å². The van der Waals surface area contributed by atoms with Gasteiger partial charge in [-0.3, -0.25) is 9.59 Å². The fraction of sp³-hybridized carbons (Fsp3) is 0.684. The second-order valence-electron chi connectivity index (χ2n) is 22.1. The molecule has 75 heavy (non-hydrogen) atoms. The molecule has 3 heterocycles. The number of cyclic esters (lactones) is 1. The van der Waals surface area contributed by atoms with Crippen LogP contribution in [0.3, 0.4) is 0 Å². The Kier molecular flexibility index (Phi) is 25.4. The van der Waals surface area contributed by atoms with E-state index in [0.29, 0.717) is 5.41 Å². The van der Waals surface area contributed by atoms with E-state index >= 15 is 0 Å². The molecule has 3 saturated carbocycles. The van der Waals surface area contributed by atoms with E-state index in [1.807, 2.05) is 19.1 Å². The van der Waals surface area contributed by atoms with Crippen LogP contribution in [0.5, 0.6) is 0 Å². The second kappa shape index (κ2) is 29.9. The first-order chi connectivity index (χ1) is 35.2. The molecule has 3 aliphatic heterocycles. The van der Waals surface area contributed by atoms with Crippen molar-refractivity contribution in [2.24, 2.45) is 40.7 Å². The molecular weight excluding hydrogens is 971 g/mol. The first-order valence-corrected chi connectivity index (χ1v) is 26.6. The Bertz CT molecular complexity index is 2020. The van der Waals surface area contributed by atoms with Crippen molar-refractivity contribution in [3.05, 3.63) is 97.2 Å². The fourth-order valence-electron chi connectivity index (χ4n) is 10.7. The molecular formula is C57H89NO17. The minimum atomic E-state index is -2.33. The van der Waals surface area contributed by atoms with Gasteiger partial charge in [-0.05, 0) is 69.6 Å². The highest BCUT2D eigenvalue weighted by Gasteiger charge is 2.52. The number of hydrogen-bond donors (Lipinski definition) is 12. The van der Waals surface area contributed by atoms with Gasteiger partial charge in [0.15, 0.2) is 12.1 Å². The van der Waals surface area contributed by atoms with Gasteiger partial charge >= 0.3 is 11.9 Å². The van der Waals surface area contributed by atoms with Gasteiger partial charge in [0, 0.05) is 37.5 Å². The number of rotatable bonds is 3. The number of aliphatic carboxylic acids is 1. The van der Waals surface area contributed by atoms with Crippen molar-refractivity contribution in [3.63, 3.8) is 0 Å². The van der Waals surface area contributed by atoms with Crippen LogP contribution in [-0.2, 0) is 28.5 Å². The van der Waals surface area contributed by atoms with Crippen molar-refractivity contribution in [2.45, 2.75) is 210 Å². The maximum absolute atomic E-state index is 12.6. The molecule has 0 amide bonds. The van der Waals surface area contributed by atoms with E-state index in [0.717, 1.165) is 11.8 Å². The zero-order valence-corrected chi connectivity index (χ0v) is 44.6. The van der Waals surface area contributed by atoms with Crippen molar-refractivity contribution in [1.29, 1.82) is 0 Å². The third kappa shape index (κ3) is 19.3. The zero-order valence-electron chi connectivity index (χ0n) is 44.6. The molecule has 424 valence electrons. The Morgan fingerprint density at radius 3 is 1.81 bits per heavy atom. The van der Waals surface area contributed by atoms with Gasteiger partial charge in [-0.25, -0.2) is 0 Å². The van der Waals surface area contributed by atoms with Crippen molar-refractivity contribution in [2.75, 3.05) is 0 Å². The zero-order chi connectivity index (χ0) is 55.8. The third-order valence-corrected chi connectivity index (χ3v) is 15.8. The summed E-state index contributed by atoms with van der Waals surface area (Å²) in [6.45, 7) is 15.7. The van der Waals surface area contributed by atoms with Crippen LogP contribution in [0.15, 0.2) is 97.2 Å². The molecule has 6 rings (SSSR count). The third-order valence-electron chi connectivity index (χ3n) is 15.8. The molecule has 0 aromatic rings. The number of hydrogen-bond acceptors (Lipinski definition) is 17. The molecule has 0 unspecified atom stereocenters. The predicted octanol–water partition coefficient (Wildman–Crippen LogP) is 3.71. The van der Waals surface area contributed by atoms with Crippen LogP contribution in [0, 0.1) is 35.0 Å². The first-order valence-electron chi connectivity index (χ1n) is 26.6. The van der Waals surface area contributed by atoms with Gasteiger partial charge in [0.1, 0.15) is 18.1 Å². The fourth-order valence-corrected chi connectivity index (χ4v) is 10.7. The van der Waals surface area contributed by atoms with E-state index in [1.54, 1.807) is 80.7 Å². The van der Waals surface area contributed by atoms with E-state index in [4.69, 9.17) is 24.7 Å². The van der Waals surface area contributed by atoms with Crippen LogP contribution < -0.4 is 5.73 Å². The molecule has 5 fully saturated rings. The summed E-state index contributed by atoms with van der Waals surface area (Å²) in [6, 6.07) is -1.15. The Labute approximate surface area is 442 Å². The average Bonchev–Trinajstić information content (AvgIpc) is 3.32. The molecule has 6 aliphatic rings. The lowest BCUT2D eigenvalue weighted by Crippen LogP contribution is -2.61. The van der Waals surface area contributed by atoms with Gasteiger partial charge in [0.25, 0.3) is 0 Å². The molecule has 3 aliphatic carbocycles. The van der Waals surface area contributed by atoms with E-state index in [2.05, 4.69) is 20.4 Å². The summed E-state index contributed by atoms with van der Waals surface area (Å²) in [7, 11) is 0. The highest BCUT2D eigenvalue weighted by molar-refractivity contribution is 5.71. The van der Waals surface area contributed by atoms with Gasteiger partial charge in [0.05, 0.1) is 79.6 Å². The highest BCUT2D eigenvalue weighted by atomic mass is 16.7. The number of esters is 1. The topological polar surface area (TPSA) is 320 Å². The number of carboxylic acids is 1. The van der Waals surface area contributed by atoms with Crippen LogP contribution in [-0.4, -0.2) is 166 Å². The first kappa shape index (κ1) is 63.8. The lowest BCUT2D eigenvalue weighted by molar-refractivity contribution is -0.308. The molecule has 18 nitrogen and oxygen atoms in total. The number of aliphatic hydroxyl groups excluding tert-OH is 9. The van der Waals surface area contributed by atoms with Crippen LogP contribution in [0.1, 0.15) is 112 Å². The Balaban J connectivity index is 0.00000107. The quantitative estimate of drug-likeness (QED) is 0.142. The van der Waals surface area contributed by atoms with Crippen LogP contribution >= 0.6 is 0 Å². The molecule has 0 aromatic carbocycles. The van der Waals surface area contributed by atoms with E-state index in [-0.39, 0.29) is 31.6 Å². The van der Waals surface area contributed by atoms with Gasteiger partial charge in [-0.2, -0.15) is 0 Å². The standard InChI is InChI=1S/C47H73NO17.C10H16/c1-27-17-15-13-11-9-7-5-6-8-10-12-14-16-18-34(64-46-44(58)41(48)43(57)30(4)63-46)24-38-40(45(59)60)37(54)26-47(61,65-38)25-33(51)22-36(53)35(52)20-19-31(49)21-32(50)23-39(55)62-29(3)28(2)42(27)56;1-7-4-5-8-6-9(7)10(8,2)3/h5-18,27-38,40-44,46,49-54,56-58,61H,19-26,48H2,1-4H3,(H,59,60);8-9H,1,4-6H2,2-3H3/b6-5+,9-7+,10-8+,13-11+,14-12+,17-15+,18-16+;/t27-,28-,29-,30+,31+,32+,33-,34-,35+,36+,37-,38-,40+,41-,42+,43+,44-,46-,47+;8-,9-/m01/s1. The second-order valence-corrected chi connectivity index (χ2v) is 22.1. The van der Waals surface area contributed by atoms with Crippen molar-refractivity contribution in [3.8, 4) is 0 Å². The number of fused-ring (bicyclic) bond motifs is 4. The molecule has 0 spiro atoms. The minimum absolute atomic E-state index is 0.107. The number of nitrogens with two attached hydrogens (primary N) is 1. The molecule has 13 N–H and O–H groups in total. The largest absolute Gasteiger partial charge is 0.481 e. The average molecular weight is 1060 g/mol. The summed E-state index contributed by atoms with van der Waals surface area (Å²) in [4.78, 5) is 25.1. The normalized spacial score (nSPS) is 45.1. The molecule has 2 saturated heterocycles. The molecule has 0 aromatic heterocycles. The Hall–Kier alpha value is -3.70. The van der Waals surface area contributed by atoms with Gasteiger partial charge in [-0.1, -0.05) is 125 Å². The van der Waals surface area contributed by atoms with E-state index in [9.17, 15) is 65.8 Å². The summed E-state index contributed by atoms with van der Waals surface area (Å²) in [5.41, 5.74) is 8.14. The smallest absolute Gasteiger partial charge is 0.311 e. The summed E-state index contributed by atoms with van der Waals surface area (Å²) in [5, 5.41) is 118. The van der Waals surface area contributed by atoms with Crippen LogP contribution in [0.2, 0.25) is 0 Å². The van der Waals surface area contributed by atoms with Gasteiger partial charge in [0.2, 0.25) is 0 Å². The summed E-state index contributed by atoms with van der Waals surface area (Å²) in [5.74, 6) is -4.94. The SMILES string of the molecule is C=C1CC[C@@H]2C[C@H]1C2(C)C.C[C@@H]1[C@H](O)[C@@H](C)/C=C/C=C/C=C/C=C/C=C/C=C/C=C/[C@H](O[C@@H]2O[C@H](C)[C@@H](O)[C@H](N)[C@@H]2O)C[C@@H]2O[C@](O)(C[C@@H](O)C[C@@H](O)[C@H](O)CC[C@@H](O)C[C@@H](O)CC(=O)O[C@H]1C)C[C@H](O)[C@H]2C(=O)O. The Morgan fingerprint density at radius 2 is 1.27 bits per heavy atom. The maximum Gasteiger partial charge on any atom is 0.311 e. The lowest BCUT2D eigenvalue weighted by atomic mass is 9.47. The number of ether oxygens (including phenoxy) is 4. The van der Waals surface area contributed by atoms with Crippen molar-refractivity contribution in [1.82, 2.24) is 0 Å². The van der Waals surface area contributed by atoms with Crippen molar-refractivity contribution >= 4 is 11.9 Å². The van der Waals surface area contributed by atoms with Crippen LogP contribution in [0.4, 0.5) is 0 Å². The summed E-state index contributed by atoms with van der Waals surface area (Å²) >= 11 is 0. The predicted molar refractivity (Wildman–Crippen MR) is 281 cm³/mol. The minimum Gasteiger partial charge on any atom is -0.481 e.